The minimum absolute atomic E-state index is 0.505. The molecule has 1 saturated heterocycles. The number of hydrogen-bond donors (Lipinski definition) is 1. The first-order chi connectivity index (χ1) is 4.86. The SMILES string of the molecule is CCOC1CN(CCS)C1. The number of ether oxygens (including phenoxy) is 1. The summed E-state index contributed by atoms with van der Waals surface area (Å²) in [7, 11) is 0. The topological polar surface area (TPSA) is 12.5 Å². The second kappa shape index (κ2) is 4.21. The van der Waals surface area contributed by atoms with Gasteiger partial charge in [-0.3, -0.25) is 4.90 Å². The number of thiol groups is 1. The fourth-order valence-electron chi connectivity index (χ4n) is 1.19. The molecule has 1 aliphatic heterocycles. The van der Waals surface area contributed by atoms with E-state index in [2.05, 4.69) is 17.5 Å². The molecule has 0 aromatic carbocycles. The standard InChI is InChI=1S/C7H15NOS/c1-2-9-7-5-8(6-7)3-4-10/h7,10H,2-6H2,1H3. The van der Waals surface area contributed by atoms with E-state index in [4.69, 9.17) is 4.74 Å². The molecule has 0 atom stereocenters. The van der Waals surface area contributed by atoms with Crippen LogP contribution in [0.1, 0.15) is 6.92 Å². The monoisotopic (exact) mass is 161 g/mol. The van der Waals surface area contributed by atoms with E-state index in [1.807, 2.05) is 6.92 Å². The van der Waals surface area contributed by atoms with E-state index in [1.165, 1.54) is 0 Å². The molecule has 0 aromatic rings. The van der Waals surface area contributed by atoms with E-state index in [1.54, 1.807) is 0 Å². The number of likely N-dealkylation sites (tertiary alicyclic amines) is 1. The maximum atomic E-state index is 5.39. The van der Waals surface area contributed by atoms with Crippen molar-refractivity contribution in [1.29, 1.82) is 0 Å². The van der Waals surface area contributed by atoms with Crippen LogP contribution in [-0.4, -0.2) is 43.0 Å². The Balaban J connectivity index is 1.95. The first-order valence-corrected chi connectivity index (χ1v) is 4.45. The van der Waals surface area contributed by atoms with Gasteiger partial charge in [-0.15, -0.1) is 0 Å². The summed E-state index contributed by atoms with van der Waals surface area (Å²) in [5, 5.41) is 0. The molecule has 1 fully saturated rings. The fourth-order valence-corrected chi connectivity index (χ4v) is 1.47. The third-order valence-corrected chi connectivity index (χ3v) is 1.94. The van der Waals surface area contributed by atoms with Crippen LogP contribution in [-0.2, 0) is 4.74 Å². The Labute approximate surface area is 68.0 Å². The largest absolute Gasteiger partial charge is 0.376 e. The molecule has 0 amide bonds. The van der Waals surface area contributed by atoms with Gasteiger partial charge in [0.15, 0.2) is 0 Å². The zero-order valence-electron chi connectivity index (χ0n) is 6.42. The number of hydrogen-bond acceptors (Lipinski definition) is 3. The van der Waals surface area contributed by atoms with Gasteiger partial charge in [0, 0.05) is 32.0 Å². The normalized spacial score (nSPS) is 21.0. The maximum absolute atomic E-state index is 5.39. The molecular weight excluding hydrogens is 146 g/mol. The van der Waals surface area contributed by atoms with Crippen molar-refractivity contribution in [2.75, 3.05) is 32.0 Å². The maximum Gasteiger partial charge on any atom is 0.0828 e. The van der Waals surface area contributed by atoms with Gasteiger partial charge in [-0.2, -0.15) is 12.6 Å². The smallest absolute Gasteiger partial charge is 0.0828 e. The summed E-state index contributed by atoms with van der Waals surface area (Å²) < 4.78 is 5.39. The van der Waals surface area contributed by atoms with Crippen molar-refractivity contribution in [2.24, 2.45) is 0 Å². The summed E-state index contributed by atoms with van der Waals surface area (Å²) in [5.74, 6) is 0.957. The summed E-state index contributed by atoms with van der Waals surface area (Å²) in [6.07, 6.45) is 0.505. The summed E-state index contributed by atoms with van der Waals surface area (Å²) >= 11 is 4.15. The van der Waals surface area contributed by atoms with Gasteiger partial charge in [0.05, 0.1) is 6.10 Å². The van der Waals surface area contributed by atoms with Gasteiger partial charge in [0.1, 0.15) is 0 Å². The lowest BCUT2D eigenvalue weighted by atomic mass is 10.2. The second-order valence-electron chi connectivity index (χ2n) is 2.56. The summed E-state index contributed by atoms with van der Waals surface area (Å²) in [6, 6.07) is 0. The summed E-state index contributed by atoms with van der Waals surface area (Å²) in [6.45, 7) is 6.20. The molecule has 0 bridgehead atoms. The Morgan fingerprint density at radius 3 is 2.80 bits per heavy atom. The third kappa shape index (κ3) is 2.15. The van der Waals surface area contributed by atoms with Crippen LogP contribution in [0.15, 0.2) is 0 Å². The van der Waals surface area contributed by atoms with Gasteiger partial charge in [-0.1, -0.05) is 0 Å². The molecule has 0 saturated carbocycles. The molecule has 0 aromatic heterocycles. The first-order valence-electron chi connectivity index (χ1n) is 3.81. The van der Waals surface area contributed by atoms with Crippen LogP contribution < -0.4 is 0 Å². The van der Waals surface area contributed by atoms with E-state index in [-0.39, 0.29) is 0 Å². The van der Waals surface area contributed by atoms with Crippen molar-refractivity contribution < 1.29 is 4.74 Å². The molecule has 3 heteroatoms. The molecule has 0 spiro atoms. The Kier molecular flexibility index (Phi) is 3.52. The summed E-state index contributed by atoms with van der Waals surface area (Å²) in [4.78, 5) is 2.35. The third-order valence-electron chi connectivity index (χ3n) is 1.74. The lowest BCUT2D eigenvalue weighted by Gasteiger charge is -2.38. The molecule has 0 unspecified atom stereocenters. The lowest BCUT2D eigenvalue weighted by Crippen LogP contribution is -2.52. The van der Waals surface area contributed by atoms with E-state index >= 15 is 0 Å². The van der Waals surface area contributed by atoms with Crippen LogP contribution in [0.5, 0.6) is 0 Å². The van der Waals surface area contributed by atoms with Crippen LogP contribution in [0, 0.1) is 0 Å². The Hall–Kier alpha value is 0.270. The highest BCUT2D eigenvalue weighted by Gasteiger charge is 2.25. The van der Waals surface area contributed by atoms with Gasteiger partial charge in [-0.25, -0.2) is 0 Å². The van der Waals surface area contributed by atoms with E-state index < -0.39 is 0 Å². The predicted molar refractivity (Wildman–Crippen MR) is 45.7 cm³/mol. The van der Waals surface area contributed by atoms with Crippen LogP contribution in [0.3, 0.4) is 0 Å². The minimum atomic E-state index is 0.505. The van der Waals surface area contributed by atoms with Crippen molar-refractivity contribution in [3.63, 3.8) is 0 Å². The van der Waals surface area contributed by atoms with Crippen LogP contribution in [0.2, 0.25) is 0 Å². The van der Waals surface area contributed by atoms with Crippen LogP contribution in [0.4, 0.5) is 0 Å². The van der Waals surface area contributed by atoms with Crippen LogP contribution in [0.25, 0.3) is 0 Å². The quantitative estimate of drug-likeness (QED) is 0.607. The molecular formula is C7H15NOS. The van der Waals surface area contributed by atoms with Gasteiger partial charge in [0.25, 0.3) is 0 Å². The molecule has 10 heavy (non-hydrogen) atoms. The van der Waals surface area contributed by atoms with Gasteiger partial charge < -0.3 is 4.74 Å². The predicted octanol–water partition coefficient (Wildman–Crippen LogP) is 0.637. The van der Waals surface area contributed by atoms with E-state index in [0.717, 1.165) is 32.0 Å². The summed E-state index contributed by atoms with van der Waals surface area (Å²) in [5.41, 5.74) is 0. The molecule has 0 aliphatic carbocycles. The zero-order valence-corrected chi connectivity index (χ0v) is 7.31. The average molecular weight is 161 g/mol. The second-order valence-corrected chi connectivity index (χ2v) is 3.01. The molecule has 60 valence electrons. The Morgan fingerprint density at radius 1 is 1.60 bits per heavy atom. The molecule has 1 aliphatic rings. The van der Waals surface area contributed by atoms with Crippen LogP contribution >= 0.6 is 12.6 Å². The highest BCUT2D eigenvalue weighted by Crippen LogP contribution is 2.10. The number of rotatable bonds is 4. The van der Waals surface area contributed by atoms with Crippen molar-refractivity contribution in [2.45, 2.75) is 13.0 Å². The molecule has 1 rings (SSSR count). The molecule has 0 radical (unpaired) electrons. The van der Waals surface area contributed by atoms with Crippen molar-refractivity contribution in [1.82, 2.24) is 4.90 Å². The highest BCUT2D eigenvalue weighted by molar-refractivity contribution is 7.80. The van der Waals surface area contributed by atoms with Crippen molar-refractivity contribution >= 4 is 12.6 Å². The van der Waals surface area contributed by atoms with E-state index in [9.17, 15) is 0 Å². The van der Waals surface area contributed by atoms with Gasteiger partial charge >= 0.3 is 0 Å². The van der Waals surface area contributed by atoms with Crippen molar-refractivity contribution in [3.05, 3.63) is 0 Å². The van der Waals surface area contributed by atoms with Gasteiger partial charge in [0.2, 0.25) is 0 Å². The molecule has 2 nitrogen and oxygen atoms in total. The van der Waals surface area contributed by atoms with E-state index in [0.29, 0.717) is 6.10 Å². The number of nitrogens with zero attached hydrogens (tertiary/aromatic N) is 1. The zero-order chi connectivity index (χ0) is 7.40. The minimum Gasteiger partial charge on any atom is -0.376 e. The van der Waals surface area contributed by atoms with Gasteiger partial charge in [-0.05, 0) is 6.92 Å². The lowest BCUT2D eigenvalue weighted by molar-refractivity contribution is -0.0465. The first kappa shape index (κ1) is 8.37. The Bertz CT molecular complexity index is 83.6. The highest BCUT2D eigenvalue weighted by atomic mass is 32.1. The Morgan fingerprint density at radius 2 is 2.30 bits per heavy atom. The van der Waals surface area contributed by atoms with Crippen molar-refractivity contribution in [3.8, 4) is 0 Å². The molecule has 0 N–H and O–H groups in total. The fraction of sp³-hybridized carbons (Fsp3) is 1.00. The average Bonchev–Trinajstić information content (AvgIpc) is 1.84. The molecule has 1 heterocycles.